The maximum absolute atomic E-state index is 6.05. The monoisotopic (exact) mass is 285 g/mol. The van der Waals surface area contributed by atoms with Crippen molar-refractivity contribution in [1.82, 2.24) is 0 Å². The average Bonchev–Trinajstić information content (AvgIpc) is 2.43. The molecular formula is C16H17N2OS+. The molecule has 1 heterocycles. The first kappa shape index (κ1) is 14.3. The maximum Gasteiger partial charge on any atom is 0.213 e. The largest absolute Gasteiger partial charge is 0.483 e. The summed E-state index contributed by atoms with van der Waals surface area (Å²) in [6, 6.07) is 7.87. The summed E-state index contributed by atoms with van der Waals surface area (Å²) in [6.45, 7) is 4.92. The number of nitrogens with two attached hydrogens (primary N) is 1. The molecule has 2 aromatic rings. The SMILES string of the molecule is C#CC[n+]1c(C)c(N)cc2cc(C(=S)OCC)ccc21. The average molecular weight is 285 g/mol. The molecule has 4 heteroatoms. The molecule has 102 valence electrons. The van der Waals surface area contributed by atoms with Crippen molar-refractivity contribution in [3.8, 4) is 12.3 Å². The summed E-state index contributed by atoms with van der Waals surface area (Å²) < 4.78 is 7.40. The van der Waals surface area contributed by atoms with Gasteiger partial charge < -0.3 is 10.5 Å². The van der Waals surface area contributed by atoms with E-state index >= 15 is 0 Å². The van der Waals surface area contributed by atoms with Crippen molar-refractivity contribution in [2.24, 2.45) is 0 Å². The molecule has 0 radical (unpaired) electrons. The molecule has 20 heavy (non-hydrogen) atoms. The first-order valence-corrected chi connectivity index (χ1v) is 6.82. The summed E-state index contributed by atoms with van der Waals surface area (Å²) in [4.78, 5) is 0. The standard InChI is InChI=1S/C16H17N2OS/c1-4-8-18-11(3)14(17)10-13-9-12(6-7-15(13)18)16(20)19-5-2/h1,6-7,9-10H,5,8,17H2,2-3H3/q+1. The van der Waals surface area contributed by atoms with Gasteiger partial charge in [-0.1, -0.05) is 0 Å². The van der Waals surface area contributed by atoms with E-state index in [9.17, 15) is 0 Å². The molecular weight excluding hydrogens is 268 g/mol. The fourth-order valence-electron chi connectivity index (χ4n) is 2.16. The Kier molecular flexibility index (Phi) is 4.21. The number of pyridine rings is 1. The van der Waals surface area contributed by atoms with E-state index in [1.165, 1.54) is 0 Å². The van der Waals surface area contributed by atoms with Crippen LogP contribution in [0.15, 0.2) is 24.3 Å². The number of ether oxygens (including phenoxy) is 1. The lowest BCUT2D eigenvalue weighted by Crippen LogP contribution is -2.38. The van der Waals surface area contributed by atoms with Crippen molar-refractivity contribution < 1.29 is 9.30 Å². The van der Waals surface area contributed by atoms with Gasteiger partial charge in [0.05, 0.1) is 6.61 Å². The highest BCUT2D eigenvalue weighted by Gasteiger charge is 2.16. The zero-order valence-electron chi connectivity index (χ0n) is 11.6. The van der Waals surface area contributed by atoms with Crippen LogP contribution in [0.4, 0.5) is 5.69 Å². The van der Waals surface area contributed by atoms with Crippen LogP contribution in [-0.4, -0.2) is 11.7 Å². The molecule has 0 unspecified atom stereocenters. The summed E-state index contributed by atoms with van der Waals surface area (Å²) in [5, 5.41) is 1.50. The fraction of sp³-hybridized carbons (Fsp3) is 0.250. The number of benzene rings is 1. The van der Waals surface area contributed by atoms with Gasteiger partial charge >= 0.3 is 0 Å². The van der Waals surface area contributed by atoms with Crippen LogP contribution in [0.25, 0.3) is 10.9 Å². The predicted octanol–water partition coefficient (Wildman–Crippen LogP) is 2.36. The number of thiocarbonyl (C=S) groups is 1. The molecule has 2 rings (SSSR count). The number of nitrogens with zero attached hydrogens (tertiary/aromatic N) is 1. The molecule has 0 aliphatic carbocycles. The van der Waals surface area contributed by atoms with Crippen LogP contribution >= 0.6 is 12.2 Å². The number of nitrogen functional groups attached to an aromatic ring is 1. The smallest absolute Gasteiger partial charge is 0.213 e. The lowest BCUT2D eigenvalue weighted by atomic mass is 10.1. The third-order valence-corrected chi connectivity index (χ3v) is 3.57. The number of hydrogen-bond acceptors (Lipinski definition) is 3. The Balaban J connectivity index is 2.62. The molecule has 0 aliphatic rings. The Morgan fingerprint density at radius 1 is 1.45 bits per heavy atom. The van der Waals surface area contributed by atoms with Gasteiger partial charge in [0.1, 0.15) is 5.69 Å². The third kappa shape index (κ3) is 2.59. The zero-order valence-corrected chi connectivity index (χ0v) is 12.5. The highest BCUT2D eigenvalue weighted by molar-refractivity contribution is 7.80. The number of rotatable bonds is 3. The highest BCUT2D eigenvalue weighted by atomic mass is 32.1. The van der Waals surface area contributed by atoms with Crippen molar-refractivity contribution >= 4 is 33.9 Å². The first-order valence-electron chi connectivity index (χ1n) is 6.41. The lowest BCUT2D eigenvalue weighted by Gasteiger charge is -2.08. The predicted molar refractivity (Wildman–Crippen MR) is 85.5 cm³/mol. The summed E-state index contributed by atoms with van der Waals surface area (Å²) in [5.41, 5.74) is 9.65. The molecule has 1 aromatic carbocycles. The quantitative estimate of drug-likeness (QED) is 0.534. The molecule has 0 bridgehead atoms. The van der Waals surface area contributed by atoms with Crippen LogP contribution in [0.5, 0.6) is 0 Å². The van der Waals surface area contributed by atoms with Crippen LogP contribution in [0.2, 0.25) is 0 Å². The topological polar surface area (TPSA) is 39.1 Å². The lowest BCUT2D eigenvalue weighted by molar-refractivity contribution is -0.664. The van der Waals surface area contributed by atoms with E-state index in [4.69, 9.17) is 29.1 Å². The van der Waals surface area contributed by atoms with E-state index in [0.717, 1.165) is 22.2 Å². The van der Waals surface area contributed by atoms with Crippen molar-refractivity contribution in [2.75, 3.05) is 12.3 Å². The summed E-state index contributed by atoms with van der Waals surface area (Å²) in [7, 11) is 0. The molecule has 0 amide bonds. The maximum atomic E-state index is 6.05. The third-order valence-electron chi connectivity index (χ3n) is 3.21. The molecule has 0 saturated carbocycles. The van der Waals surface area contributed by atoms with Gasteiger partial charge in [-0.05, 0) is 43.3 Å². The number of fused-ring (bicyclic) bond motifs is 1. The Labute approximate surface area is 124 Å². The Bertz CT molecular complexity index is 716. The molecule has 0 atom stereocenters. The summed E-state index contributed by atoms with van der Waals surface area (Å²) in [6.07, 6.45) is 5.44. The number of hydrogen-bond donors (Lipinski definition) is 1. The fourth-order valence-corrected chi connectivity index (χ4v) is 2.41. The molecule has 3 nitrogen and oxygen atoms in total. The van der Waals surface area contributed by atoms with Crippen LogP contribution in [0, 0.1) is 19.3 Å². The summed E-state index contributed by atoms with van der Waals surface area (Å²) >= 11 is 5.23. The van der Waals surface area contributed by atoms with E-state index in [1.807, 2.05) is 42.7 Å². The molecule has 0 fully saturated rings. The van der Waals surface area contributed by atoms with E-state index in [2.05, 4.69) is 5.92 Å². The molecule has 0 aliphatic heterocycles. The number of terminal acetylenes is 1. The molecule has 0 spiro atoms. The van der Waals surface area contributed by atoms with E-state index in [0.29, 0.717) is 23.9 Å². The highest BCUT2D eigenvalue weighted by Crippen LogP contribution is 2.19. The van der Waals surface area contributed by atoms with Gasteiger partial charge in [0.15, 0.2) is 5.05 Å². The van der Waals surface area contributed by atoms with Crippen molar-refractivity contribution in [3.05, 3.63) is 35.5 Å². The van der Waals surface area contributed by atoms with Gasteiger partial charge in [-0.3, -0.25) is 0 Å². The second-order valence-corrected chi connectivity index (χ2v) is 4.84. The van der Waals surface area contributed by atoms with Gasteiger partial charge in [-0.25, -0.2) is 0 Å². The number of aromatic nitrogens is 1. The molecule has 0 saturated heterocycles. The van der Waals surface area contributed by atoms with Gasteiger partial charge in [-0.2, -0.15) is 4.57 Å². The van der Waals surface area contributed by atoms with Gasteiger partial charge in [-0.15, -0.1) is 6.42 Å². The Morgan fingerprint density at radius 2 is 2.20 bits per heavy atom. The first-order chi connectivity index (χ1) is 9.58. The van der Waals surface area contributed by atoms with Crippen LogP contribution in [0.1, 0.15) is 18.2 Å². The van der Waals surface area contributed by atoms with Crippen LogP contribution < -0.4 is 10.3 Å². The van der Waals surface area contributed by atoms with Crippen molar-refractivity contribution in [2.45, 2.75) is 20.4 Å². The van der Waals surface area contributed by atoms with Gasteiger partial charge in [0.25, 0.3) is 0 Å². The second-order valence-electron chi connectivity index (χ2n) is 4.47. The Morgan fingerprint density at radius 3 is 2.85 bits per heavy atom. The summed E-state index contributed by atoms with van der Waals surface area (Å²) in [5.74, 6) is 2.66. The van der Waals surface area contributed by atoms with Crippen LogP contribution in [-0.2, 0) is 11.3 Å². The van der Waals surface area contributed by atoms with E-state index < -0.39 is 0 Å². The van der Waals surface area contributed by atoms with Gasteiger partial charge in [0.2, 0.25) is 17.8 Å². The van der Waals surface area contributed by atoms with Crippen molar-refractivity contribution in [1.29, 1.82) is 0 Å². The minimum absolute atomic E-state index is 0.489. The van der Waals surface area contributed by atoms with E-state index in [-0.39, 0.29) is 0 Å². The normalized spacial score (nSPS) is 10.2. The Hall–Kier alpha value is -2.12. The zero-order chi connectivity index (χ0) is 14.7. The second kappa shape index (κ2) is 5.89. The van der Waals surface area contributed by atoms with Crippen LogP contribution in [0.3, 0.4) is 0 Å². The van der Waals surface area contributed by atoms with Crippen molar-refractivity contribution in [3.63, 3.8) is 0 Å². The number of anilines is 1. The minimum atomic E-state index is 0.489. The minimum Gasteiger partial charge on any atom is -0.483 e. The molecule has 1 aromatic heterocycles. The van der Waals surface area contributed by atoms with E-state index in [1.54, 1.807) is 0 Å². The molecule has 2 N–H and O–H groups in total. The van der Waals surface area contributed by atoms with Gasteiger partial charge in [0, 0.05) is 23.9 Å².